The summed E-state index contributed by atoms with van der Waals surface area (Å²) in [6.45, 7) is 15.0. The van der Waals surface area contributed by atoms with Crippen LogP contribution in [0.3, 0.4) is 0 Å². The lowest BCUT2D eigenvalue weighted by Crippen LogP contribution is -2.65. The Balaban J connectivity index is 1.15. The summed E-state index contributed by atoms with van der Waals surface area (Å²) < 4.78 is 37.8. The van der Waals surface area contributed by atoms with Crippen LogP contribution in [0.15, 0.2) is 0 Å². The lowest BCUT2D eigenvalue weighted by molar-refractivity contribution is -0.339. The van der Waals surface area contributed by atoms with E-state index in [2.05, 4.69) is 34.6 Å². The van der Waals surface area contributed by atoms with Crippen LogP contribution in [0, 0.1) is 44.8 Å². The maximum atomic E-state index is 12.2. The molecule has 0 bridgehead atoms. The maximum Gasteiger partial charge on any atom is 0.303 e. The van der Waals surface area contributed by atoms with Crippen LogP contribution >= 0.6 is 0 Å². The normalized spacial score (nSPS) is 56.1. The molecule has 8 aliphatic rings. The topological polar surface area (TPSA) is 234 Å². The highest BCUT2D eigenvalue weighted by molar-refractivity contribution is 5.66. The molecule has 5 saturated carbocycles. The summed E-state index contributed by atoms with van der Waals surface area (Å²) in [7, 11) is 0. The molecule has 0 unspecified atom stereocenters. The van der Waals surface area contributed by atoms with Gasteiger partial charge in [-0.3, -0.25) is 4.79 Å². The van der Waals surface area contributed by atoms with Crippen LogP contribution in [0.5, 0.6) is 0 Å². The second-order valence-electron chi connectivity index (χ2n) is 21.6. The number of esters is 1. The van der Waals surface area contributed by atoms with Crippen molar-refractivity contribution in [3.63, 3.8) is 0 Å². The minimum atomic E-state index is -1.62. The largest absolute Gasteiger partial charge is 0.454 e. The van der Waals surface area contributed by atoms with Crippen LogP contribution in [0.1, 0.15) is 113 Å². The smallest absolute Gasteiger partial charge is 0.303 e. The third kappa shape index (κ3) is 6.17. The molecule has 2 spiro atoms. The first-order valence-electron chi connectivity index (χ1n) is 21.8. The zero-order valence-electron chi connectivity index (χ0n) is 35.5. The molecule has 15 nitrogen and oxygen atoms in total. The van der Waals surface area contributed by atoms with Crippen molar-refractivity contribution in [2.75, 3.05) is 13.2 Å². The van der Waals surface area contributed by atoms with Gasteiger partial charge in [0.25, 0.3) is 0 Å². The van der Waals surface area contributed by atoms with Crippen molar-refractivity contribution >= 4 is 5.97 Å². The number of carbonyl (C=O) groups excluding carboxylic acids is 1. The van der Waals surface area contributed by atoms with Gasteiger partial charge in [0.15, 0.2) is 18.7 Å². The predicted molar refractivity (Wildman–Crippen MR) is 203 cm³/mol. The van der Waals surface area contributed by atoms with Crippen LogP contribution in [0.25, 0.3) is 0 Å². The van der Waals surface area contributed by atoms with Gasteiger partial charge in [-0.2, -0.15) is 0 Å². The van der Waals surface area contributed by atoms with Gasteiger partial charge in [0.05, 0.1) is 48.8 Å². The first-order valence-corrected chi connectivity index (χ1v) is 21.8. The SMILES string of the molecule is CC(=O)O[C@H]1[C@H](O[C@H]2CC[C@]34C[C@]35CC[C@]3(C)[C@@H]([C@]6(C)CC[C@H](C(C)(C)O)O6)[C@@H](O)C[C@@]3(C)[C@@H]5C[C@H](O[C@@H]3O[C@H](CO)[C@@H](O)[C@H](O)[C@H]3O)[C@H]4C2(C)C)OC[C@@H](O)[C@@H]1O. The molecule has 332 valence electrons. The molecule has 3 aliphatic heterocycles. The summed E-state index contributed by atoms with van der Waals surface area (Å²) in [5.41, 5.74) is -3.32. The van der Waals surface area contributed by atoms with E-state index in [1.807, 2.05) is 0 Å². The number of rotatable bonds is 8. The Morgan fingerprint density at radius 2 is 1.50 bits per heavy atom. The number of aliphatic hydroxyl groups excluding tert-OH is 7. The van der Waals surface area contributed by atoms with Crippen molar-refractivity contribution in [1.29, 1.82) is 0 Å². The zero-order chi connectivity index (χ0) is 42.3. The number of ether oxygens (including phenoxy) is 6. The molecule has 5 aliphatic carbocycles. The van der Waals surface area contributed by atoms with Crippen molar-refractivity contribution < 1.29 is 74.1 Å². The number of aliphatic hydroxyl groups is 8. The van der Waals surface area contributed by atoms with Gasteiger partial charge in [-0.25, -0.2) is 0 Å². The highest BCUT2D eigenvalue weighted by atomic mass is 16.7. The number of hydrogen-bond donors (Lipinski definition) is 8. The fourth-order valence-corrected chi connectivity index (χ4v) is 15.2. The molecule has 8 rings (SSSR count). The summed E-state index contributed by atoms with van der Waals surface area (Å²) in [4.78, 5) is 12.1. The first kappa shape index (κ1) is 43.6. The first-order chi connectivity index (χ1) is 26.9. The number of fused-ring (bicyclic) bond motifs is 2. The fraction of sp³-hybridized carbons (Fsp3) is 0.977. The van der Waals surface area contributed by atoms with E-state index >= 15 is 0 Å². The second-order valence-corrected chi connectivity index (χ2v) is 21.6. The molecule has 3 saturated heterocycles. The van der Waals surface area contributed by atoms with Gasteiger partial charge in [0.2, 0.25) is 0 Å². The van der Waals surface area contributed by atoms with E-state index in [1.54, 1.807) is 13.8 Å². The molecule has 21 atom stereocenters. The van der Waals surface area contributed by atoms with Crippen LogP contribution in [-0.2, 0) is 33.2 Å². The fourth-order valence-electron chi connectivity index (χ4n) is 15.2. The van der Waals surface area contributed by atoms with E-state index in [9.17, 15) is 45.6 Å². The van der Waals surface area contributed by atoms with Crippen LogP contribution in [-0.4, -0.2) is 151 Å². The Labute approximate surface area is 341 Å². The van der Waals surface area contributed by atoms with E-state index in [0.717, 1.165) is 32.1 Å². The van der Waals surface area contributed by atoms with Crippen molar-refractivity contribution in [3.8, 4) is 0 Å². The second kappa shape index (κ2) is 14.2. The molecule has 0 aromatic carbocycles. The van der Waals surface area contributed by atoms with E-state index in [4.69, 9.17) is 28.4 Å². The minimum Gasteiger partial charge on any atom is -0.454 e. The van der Waals surface area contributed by atoms with Crippen LogP contribution < -0.4 is 0 Å². The highest BCUT2D eigenvalue weighted by Gasteiger charge is 2.85. The third-order valence-electron chi connectivity index (χ3n) is 17.9. The molecular weight excluding hydrogens is 756 g/mol. The van der Waals surface area contributed by atoms with Crippen molar-refractivity contribution in [2.24, 2.45) is 44.8 Å². The van der Waals surface area contributed by atoms with E-state index in [-0.39, 0.29) is 52.1 Å². The van der Waals surface area contributed by atoms with Gasteiger partial charge >= 0.3 is 5.97 Å². The average Bonchev–Trinajstić information content (AvgIpc) is 3.50. The monoisotopic (exact) mass is 826 g/mol. The Hall–Kier alpha value is -1.05. The Morgan fingerprint density at radius 1 is 0.793 bits per heavy atom. The van der Waals surface area contributed by atoms with Gasteiger partial charge in [0.1, 0.15) is 36.6 Å². The van der Waals surface area contributed by atoms with Gasteiger partial charge < -0.3 is 69.3 Å². The maximum absolute atomic E-state index is 12.2. The Kier molecular flexibility index (Phi) is 10.7. The van der Waals surface area contributed by atoms with Gasteiger partial charge in [-0.05, 0) is 117 Å². The summed E-state index contributed by atoms with van der Waals surface area (Å²) in [5, 5.41) is 87.3. The standard InChI is InChI=1S/C43H70O15/c1-20(45)54-32-28(48)22(47)18-53-36(32)57-26-10-12-43-19-42(43)14-13-39(6)33(41(8)11-9-27(58-41)38(4,5)52)21(46)16-40(39,7)25(42)15-23(34(43)37(26,2)3)55-35-31(51)30(50)29(49)24(17-44)56-35/h21-36,44,46-52H,9-19H2,1-8H3/t21-,22+,23-,24+,25-,26-,27+,28-,29+,30-,31+,32+,33-,34-,35+,36-,39+,40-,41-,42-,43+/m0/s1. The van der Waals surface area contributed by atoms with Crippen LogP contribution in [0.4, 0.5) is 0 Å². The summed E-state index contributed by atoms with van der Waals surface area (Å²) in [6.07, 6.45) is -7.66. The molecule has 0 radical (unpaired) electrons. The predicted octanol–water partition coefficient (Wildman–Crippen LogP) is 1.29. The minimum absolute atomic E-state index is 0.0829. The Bertz CT molecular complexity index is 1570. The third-order valence-corrected chi connectivity index (χ3v) is 17.9. The lowest BCUT2D eigenvalue weighted by Gasteiger charge is -2.65. The quantitative estimate of drug-likeness (QED) is 0.127. The molecule has 8 fully saturated rings. The van der Waals surface area contributed by atoms with Gasteiger partial charge in [-0.1, -0.05) is 27.7 Å². The van der Waals surface area contributed by atoms with Gasteiger partial charge in [0, 0.05) is 12.8 Å². The number of hydrogen-bond acceptors (Lipinski definition) is 15. The molecule has 0 amide bonds. The van der Waals surface area contributed by atoms with Gasteiger partial charge in [-0.15, -0.1) is 0 Å². The summed E-state index contributed by atoms with van der Waals surface area (Å²) >= 11 is 0. The lowest BCUT2D eigenvalue weighted by atomic mass is 9.41. The molecule has 15 heteroatoms. The number of carbonyl (C=O) groups is 1. The molecule has 8 N–H and O–H groups in total. The van der Waals surface area contributed by atoms with Crippen molar-refractivity contribution in [1.82, 2.24) is 0 Å². The highest BCUT2D eigenvalue weighted by Crippen LogP contribution is 2.89. The Morgan fingerprint density at radius 3 is 2.14 bits per heavy atom. The van der Waals surface area contributed by atoms with E-state index in [0.29, 0.717) is 25.7 Å². The molecule has 58 heavy (non-hydrogen) atoms. The van der Waals surface area contributed by atoms with E-state index < -0.39 is 103 Å². The summed E-state index contributed by atoms with van der Waals surface area (Å²) in [6, 6.07) is 0. The van der Waals surface area contributed by atoms with E-state index in [1.165, 1.54) is 6.92 Å². The molecular formula is C43H70O15. The van der Waals surface area contributed by atoms with Crippen molar-refractivity contribution in [2.45, 2.75) is 204 Å². The molecule has 0 aromatic heterocycles. The average molecular weight is 827 g/mol. The van der Waals surface area contributed by atoms with Crippen molar-refractivity contribution in [3.05, 3.63) is 0 Å². The van der Waals surface area contributed by atoms with Crippen LogP contribution in [0.2, 0.25) is 0 Å². The summed E-state index contributed by atoms with van der Waals surface area (Å²) in [5.74, 6) is -0.931. The zero-order valence-corrected chi connectivity index (χ0v) is 35.5. The molecule has 0 aromatic rings. The molecule has 3 heterocycles.